The van der Waals surface area contributed by atoms with E-state index in [0.29, 0.717) is 18.9 Å². The average molecular weight is 286 g/mol. The summed E-state index contributed by atoms with van der Waals surface area (Å²) >= 11 is 0. The van der Waals surface area contributed by atoms with E-state index in [4.69, 9.17) is 0 Å². The van der Waals surface area contributed by atoms with E-state index in [-0.39, 0.29) is 24.4 Å². The second kappa shape index (κ2) is 5.51. The molecular formula is C17H22N2O2. The number of carbonyl (C=O) groups is 2. The predicted molar refractivity (Wildman–Crippen MR) is 80.8 cm³/mol. The van der Waals surface area contributed by atoms with E-state index in [0.717, 1.165) is 13.0 Å². The van der Waals surface area contributed by atoms with Crippen LogP contribution in [0.3, 0.4) is 0 Å². The predicted octanol–water partition coefficient (Wildman–Crippen LogP) is 2.32. The lowest BCUT2D eigenvalue weighted by Gasteiger charge is -2.46. The van der Waals surface area contributed by atoms with Crippen molar-refractivity contribution in [2.45, 2.75) is 38.6 Å². The van der Waals surface area contributed by atoms with Crippen molar-refractivity contribution in [2.75, 3.05) is 19.6 Å². The van der Waals surface area contributed by atoms with Gasteiger partial charge in [0.25, 0.3) is 0 Å². The lowest BCUT2D eigenvalue weighted by atomic mass is 9.85. The van der Waals surface area contributed by atoms with Crippen LogP contribution in [-0.2, 0) is 9.59 Å². The summed E-state index contributed by atoms with van der Waals surface area (Å²) in [5, 5.41) is 0. The molecule has 4 heteroatoms. The van der Waals surface area contributed by atoms with Gasteiger partial charge in [0.1, 0.15) is 0 Å². The van der Waals surface area contributed by atoms with Gasteiger partial charge in [0.15, 0.2) is 0 Å². The highest BCUT2D eigenvalue weighted by molar-refractivity contribution is 5.86. The first kappa shape index (κ1) is 14.1. The van der Waals surface area contributed by atoms with Crippen molar-refractivity contribution in [1.29, 1.82) is 0 Å². The molecule has 1 aromatic carbocycles. The van der Waals surface area contributed by atoms with Crippen LogP contribution in [0.2, 0.25) is 0 Å². The minimum absolute atomic E-state index is 0.0273. The van der Waals surface area contributed by atoms with E-state index in [1.165, 1.54) is 11.1 Å². The molecule has 2 amide bonds. The second-order valence-corrected chi connectivity index (χ2v) is 6.12. The fourth-order valence-electron chi connectivity index (χ4n) is 3.51. The van der Waals surface area contributed by atoms with E-state index in [2.05, 4.69) is 25.1 Å². The zero-order chi connectivity index (χ0) is 15.0. The SMILES string of the molecule is CCCC(=O)N1CC(=O)N2CC(C)c3ccccc3C2C1. The largest absolute Gasteiger partial charge is 0.332 e. The second-order valence-electron chi connectivity index (χ2n) is 6.12. The third-order valence-electron chi connectivity index (χ3n) is 4.59. The summed E-state index contributed by atoms with van der Waals surface area (Å²) in [7, 11) is 0. The van der Waals surface area contributed by atoms with Gasteiger partial charge in [-0.2, -0.15) is 0 Å². The first-order valence-electron chi connectivity index (χ1n) is 7.78. The molecule has 0 spiro atoms. The van der Waals surface area contributed by atoms with Crippen molar-refractivity contribution in [1.82, 2.24) is 9.80 Å². The molecule has 112 valence electrons. The molecule has 1 saturated heterocycles. The summed E-state index contributed by atoms with van der Waals surface area (Å²) in [5.41, 5.74) is 2.52. The van der Waals surface area contributed by atoms with Gasteiger partial charge in [0.05, 0.1) is 12.6 Å². The number of amides is 2. The fourth-order valence-corrected chi connectivity index (χ4v) is 3.51. The number of piperazine rings is 1. The van der Waals surface area contributed by atoms with Crippen molar-refractivity contribution < 1.29 is 9.59 Å². The number of rotatable bonds is 2. The molecular weight excluding hydrogens is 264 g/mol. The molecule has 3 rings (SSSR count). The van der Waals surface area contributed by atoms with Crippen molar-refractivity contribution in [3.05, 3.63) is 35.4 Å². The van der Waals surface area contributed by atoms with Gasteiger partial charge in [-0.1, -0.05) is 38.1 Å². The van der Waals surface area contributed by atoms with Crippen LogP contribution in [0.15, 0.2) is 24.3 Å². The average Bonchev–Trinajstić information content (AvgIpc) is 2.49. The molecule has 2 atom stereocenters. The maximum atomic E-state index is 12.4. The minimum Gasteiger partial charge on any atom is -0.332 e. The molecule has 1 fully saturated rings. The molecule has 1 aromatic rings. The Morgan fingerprint density at radius 3 is 2.67 bits per heavy atom. The number of carbonyl (C=O) groups excluding carboxylic acids is 2. The molecule has 0 bridgehead atoms. The Labute approximate surface area is 125 Å². The zero-order valence-electron chi connectivity index (χ0n) is 12.7. The summed E-state index contributed by atoms with van der Waals surface area (Å²) in [6, 6.07) is 8.35. The number of hydrogen-bond donors (Lipinski definition) is 0. The Balaban J connectivity index is 1.91. The summed E-state index contributed by atoms with van der Waals surface area (Å²) in [4.78, 5) is 28.3. The molecule has 0 aliphatic carbocycles. The molecule has 2 heterocycles. The summed E-state index contributed by atoms with van der Waals surface area (Å²) in [5.74, 6) is 0.540. The third kappa shape index (κ3) is 2.43. The van der Waals surface area contributed by atoms with Crippen LogP contribution in [0.4, 0.5) is 0 Å². The standard InChI is InChI=1S/C17H22N2O2/c1-3-6-16(20)18-10-15-14-8-5-4-7-13(14)12(2)9-19(15)17(21)11-18/h4-5,7-8,12,15H,3,6,9-11H2,1-2H3. The summed E-state index contributed by atoms with van der Waals surface area (Å²) < 4.78 is 0. The lowest BCUT2D eigenvalue weighted by Crippen LogP contribution is -2.56. The Bertz CT molecular complexity index is 570. The molecule has 21 heavy (non-hydrogen) atoms. The number of hydrogen-bond acceptors (Lipinski definition) is 2. The van der Waals surface area contributed by atoms with E-state index in [9.17, 15) is 9.59 Å². The molecule has 0 N–H and O–H groups in total. The van der Waals surface area contributed by atoms with Crippen LogP contribution in [-0.4, -0.2) is 41.2 Å². The monoisotopic (exact) mass is 286 g/mol. The van der Waals surface area contributed by atoms with Crippen LogP contribution in [0, 0.1) is 0 Å². The fraction of sp³-hybridized carbons (Fsp3) is 0.529. The van der Waals surface area contributed by atoms with Crippen LogP contribution in [0.5, 0.6) is 0 Å². The molecule has 2 unspecified atom stereocenters. The molecule has 2 aliphatic heterocycles. The number of nitrogens with zero attached hydrogens (tertiary/aromatic N) is 2. The van der Waals surface area contributed by atoms with Crippen molar-refractivity contribution in [3.63, 3.8) is 0 Å². The van der Waals surface area contributed by atoms with Gasteiger partial charge in [-0.3, -0.25) is 9.59 Å². The molecule has 0 saturated carbocycles. The van der Waals surface area contributed by atoms with Gasteiger partial charge in [-0.05, 0) is 23.5 Å². The van der Waals surface area contributed by atoms with Crippen LogP contribution in [0.25, 0.3) is 0 Å². The number of benzene rings is 1. The van der Waals surface area contributed by atoms with Crippen LogP contribution >= 0.6 is 0 Å². The quantitative estimate of drug-likeness (QED) is 0.837. The van der Waals surface area contributed by atoms with Crippen LogP contribution in [0.1, 0.15) is 49.8 Å². The van der Waals surface area contributed by atoms with Crippen molar-refractivity contribution in [3.8, 4) is 0 Å². The van der Waals surface area contributed by atoms with Gasteiger partial charge in [-0.25, -0.2) is 0 Å². The molecule has 0 radical (unpaired) electrons. The van der Waals surface area contributed by atoms with Gasteiger partial charge in [-0.15, -0.1) is 0 Å². The highest BCUT2D eigenvalue weighted by atomic mass is 16.2. The molecule has 2 aliphatic rings. The lowest BCUT2D eigenvalue weighted by molar-refractivity contribution is -0.149. The summed E-state index contributed by atoms with van der Waals surface area (Å²) in [6.45, 7) is 5.79. The van der Waals surface area contributed by atoms with Gasteiger partial charge in [0.2, 0.25) is 11.8 Å². The first-order chi connectivity index (χ1) is 10.1. The van der Waals surface area contributed by atoms with Crippen molar-refractivity contribution >= 4 is 11.8 Å². The normalized spacial score (nSPS) is 24.6. The van der Waals surface area contributed by atoms with E-state index in [1.54, 1.807) is 4.90 Å². The van der Waals surface area contributed by atoms with E-state index in [1.807, 2.05) is 17.9 Å². The highest BCUT2D eigenvalue weighted by Crippen LogP contribution is 2.38. The highest BCUT2D eigenvalue weighted by Gasteiger charge is 2.39. The van der Waals surface area contributed by atoms with E-state index >= 15 is 0 Å². The smallest absolute Gasteiger partial charge is 0.242 e. The van der Waals surface area contributed by atoms with Gasteiger partial charge < -0.3 is 9.80 Å². The maximum Gasteiger partial charge on any atom is 0.242 e. The Kier molecular flexibility index (Phi) is 3.70. The van der Waals surface area contributed by atoms with Gasteiger partial charge >= 0.3 is 0 Å². The van der Waals surface area contributed by atoms with Crippen molar-refractivity contribution in [2.24, 2.45) is 0 Å². The molecule has 4 nitrogen and oxygen atoms in total. The Morgan fingerprint density at radius 1 is 1.24 bits per heavy atom. The Morgan fingerprint density at radius 2 is 1.95 bits per heavy atom. The first-order valence-corrected chi connectivity index (χ1v) is 7.78. The maximum absolute atomic E-state index is 12.4. The van der Waals surface area contributed by atoms with Gasteiger partial charge in [0, 0.05) is 19.5 Å². The van der Waals surface area contributed by atoms with Crippen LogP contribution < -0.4 is 0 Å². The zero-order valence-corrected chi connectivity index (χ0v) is 12.7. The van der Waals surface area contributed by atoms with E-state index < -0.39 is 0 Å². The topological polar surface area (TPSA) is 40.6 Å². The minimum atomic E-state index is 0.0273. The number of fused-ring (bicyclic) bond motifs is 3. The molecule has 0 aromatic heterocycles. The Hall–Kier alpha value is -1.84. The summed E-state index contributed by atoms with van der Waals surface area (Å²) in [6.07, 6.45) is 1.35. The third-order valence-corrected chi connectivity index (χ3v) is 4.59.